The fraction of sp³-hybridized carbons (Fsp3) is 0.333. The molecule has 5 heteroatoms. The lowest BCUT2D eigenvalue weighted by Gasteiger charge is -2.02. The Hall–Kier alpha value is -1.10. The summed E-state index contributed by atoms with van der Waals surface area (Å²) in [6, 6.07) is 1.80. The minimum Gasteiger partial charge on any atom is -0.311 e. The molecule has 0 unspecified atom stereocenters. The van der Waals surface area contributed by atoms with E-state index in [1.54, 1.807) is 27.5 Å². The molecule has 0 spiro atoms. The first-order valence-electron chi connectivity index (χ1n) is 4.34. The van der Waals surface area contributed by atoms with E-state index >= 15 is 0 Å². The summed E-state index contributed by atoms with van der Waals surface area (Å²) in [5.41, 5.74) is 1.50. The van der Waals surface area contributed by atoms with Crippen LogP contribution in [0.2, 0.25) is 0 Å². The molecule has 2 aromatic rings. The van der Waals surface area contributed by atoms with E-state index < -0.39 is 0 Å². The maximum Gasteiger partial charge on any atom is 0.276 e. The molecule has 2 rings (SSSR count). The second kappa shape index (κ2) is 3.57. The van der Waals surface area contributed by atoms with E-state index in [2.05, 4.69) is 21.0 Å². The van der Waals surface area contributed by atoms with Gasteiger partial charge < -0.3 is 4.57 Å². The Morgan fingerprint density at radius 1 is 1.50 bits per heavy atom. The monoisotopic (exact) mass is 255 g/mol. The van der Waals surface area contributed by atoms with Crippen molar-refractivity contribution >= 4 is 21.4 Å². The maximum atomic E-state index is 11.8. The molecule has 0 aliphatic carbocycles. The Bertz CT molecular complexity index is 514. The summed E-state index contributed by atoms with van der Waals surface area (Å²) in [5.74, 6) is 0. The highest BCUT2D eigenvalue weighted by molar-refractivity contribution is 9.09. The Kier molecular flexibility index (Phi) is 2.41. The molecule has 0 aliphatic rings. The molecule has 0 aromatic carbocycles. The van der Waals surface area contributed by atoms with Crippen LogP contribution in [0.15, 0.2) is 23.3 Å². The number of alkyl halides is 1. The highest BCUT2D eigenvalue weighted by Gasteiger charge is 2.03. The largest absolute Gasteiger partial charge is 0.311 e. The van der Waals surface area contributed by atoms with Crippen molar-refractivity contribution in [2.24, 2.45) is 0 Å². The van der Waals surface area contributed by atoms with E-state index in [0.29, 0.717) is 12.1 Å². The number of hydrogen-bond donors (Lipinski definition) is 0. The van der Waals surface area contributed by atoms with Gasteiger partial charge in [0.2, 0.25) is 0 Å². The summed E-state index contributed by atoms with van der Waals surface area (Å²) in [4.78, 5) is 11.8. The molecule has 4 nitrogen and oxygen atoms in total. The molecule has 0 atom stereocenters. The third kappa shape index (κ3) is 1.48. The molecule has 14 heavy (non-hydrogen) atoms. The number of aryl methyl sites for hydroxylation is 2. The molecule has 0 amide bonds. The average molecular weight is 256 g/mol. The van der Waals surface area contributed by atoms with Crippen LogP contribution in [-0.2, 0) is 6.54 Å². The van der Waals surface area contributed by atoms with Crippen LogP contribution >= 0.6 is 15.9 Å². The number of aromatic nitrogens is 3. The number of hydrogen-bond acceptors (Lipinski definition) is 2. The zero-order valence-corrected chi connectivity index (χ0v) is 9.36. The Morgan fingerprint density at radius 2 is 2.29 bits per heavy atom. The number of rotatable bonds is 2. The van der Waals surface area contributed by atoms with Crippen molar-refractivity contribution in [3.05, 3.63) is 34.5 Å². The van der Waals surface area contributed by atoms with E-state index in [1.807, 2.05) is 6.92 Å². The lowest BCUT2D eigenvalue weighted by molar-refractivity contribution is 0.724. The van der Waals surface area contributed by atoms with Crippen molar-refractivity contribution < 1.29 is 0 Å². The van der Waals surface area contributed by atoms with Gasteiger partial charge in [-0.05, 0) is 13.0 Å². The van der Waals surface area contributed by atoms with Crippen LogP contribution in [0.5, 0.6) is 0 Å². The zero-order chi connectivity index (χ0) is 10.1. The summed E-state index contributed by atoms with van der Waals surface area (Å²) in [7, 11) is 0. The highest BCUT2D eigenvalue weighted by Crippen LogP contribution is 1.99. The molecule has 0 fully saturated rings. The van der Waals surface area contributed by atoms with Crippen molar-refractivity contribution in [3.8, 4) is 0 Å². The second-order valence-electron chi connectivity index (χ2n) is 3.10. The van der Waals surface area contributed by atoms with Gasteiger partial charge >= 0.3 is 0 Å². The SMILES string of the molecule is Cc1cc2c(=O)n(CCBr)ccn2n1. The van der Waals surface area contributed by atoms with Gasteiger partial charge in [-0.1, -0.05) is 15.9 Å². The first-order chi connectivity index (χ1) is 6.72. The summed E-state index contributed by atoms with van der Waals surface area (Å²) in [5, 5.41) is 4.94. The van der Waals surface area contributed by atoms with Gasteiger partial charge in [-0.25, -0.2) is 4.52 Å². The third-order valence-corrected chi connectivity index (χ3v) is 2.41. The van der Waals surface area contributed by atoms with Crippen LogP contribution in [0.3, 0.4) is 0 Å². The van der Waals surface area contributed by atoms with E-state index in [1.165, 1.54) is 0 Å². The van der Waals surface area contributed by atoms with Crippen LogP contribution < -0.4 is 5.56 Å². The fourth-order valence-corrected chi connectivity index (χ4v) is 1.80. The minimum atomic E-state index is 0.00699. The van der Waals surface area contributed by atoms with Crippen molar-refractivity contribution in [3.63, 3.8) is 0 Å². The highest BCUT2D eigenvalue weighted by atomic mass is 79.9. The van der Waals surface area contributed by atoms with Crippen LogP contribution in [-0.4, -0.2) is 19.5 Å². The fourth-order valence-electron chi connectivity index (χ4n) is 1.42. The lowest BCUT2D eigenvalue weighted by atomic mass is 10.4. The predicted molar refractivity (Wildman–Crippen MR) is 58.0 cm³/mol. The van der Waals surface area contributed by atoms with E-state index in [-0.39, 0.29) is 5.56 Å². The molecule has 2 aromatic heterocycles. The van der Waals surface area contributed by atoms with E-state index in [4.69, 9.17) is 0 Å². The van der Waals surface area contributed by atoms with Gasteiger partial charge in [0.1, 0.15) is 5.52 Å². The number of nitrogens with zero attached hydrogens (tertiary/aromatic N) is 3. The first-order valence-corrected chi connectivity index (χ1v) is 5.46. The Morgan fingerprint density at radius 3 is 3.00 bits per heavy atom. The first kappa shape index (κ1) is 9.45. The van der Waals surface area contributed by atoms with E-state index in [0.717, 1.165) is 11.0 Å². The van der Waals surface area contributed by atoms with Gasteiger partial charge in [0, 0.05) is 24.3 Å². The topological polar surface area (TPSA) is 39.3 Å². The van der Waals surface area contributed by atoms with Crippen molar-refractivity contribution in [1.82, 2.24) is 14.2 Å². The Labute approximate surface area is 89.3 Å². The number of fused-ring (bicyclic) bond motifs is 1. The summed E-state index contributed by atoms with van der Waals surface area (Å²) in [6.07, 6.45) is 3.55. The molecule has 0 saturated heterocycles. The standard InChI is InChI=1S/C9H10BrN3O/c1-7-6-8-9(14)12(3-2-10)4-5-13(8)11-7/h4-6H,2-3H2,1H3. The molecule has 0 bridgehead atoms. The van der Waals surface area contributed by atoms with E-state index in [9.17, 15) is 4.79 Å². The summed E-state index contributed by atoms with van der Waals surface area (Å²) >= 11 is 3.31. The van der Waals surface area contributed by atoms with Crippen LogP contribution in [0.25, 0.3) is 5.52 Å². The molecule has 0 N–H and O–H groups in total. The molecule has 0 aliphatic heterocycles. The molecule has 0 radical (unpaired) electrons. The summed E-state index contributed by atoms with van der Waals surface area (Å²) in [6.45, 7) is 2.56. The smallest absolute Gasteiger partial charge is 0.276 e. The maximum absolute atomic E-state index is 11.8. The normalized spacial score (nSPS) is 11.0. The predicted octanol–water partition coefficient (Wildman–Crippen LogP) is 1.20. The van der Waals surface area contributed by atoms with Crippen LogP contribution in [0, 0.1) is 6.92 Å². The molecular weight excluding hydrogens is 246 g/mol. The van der Waals surface area contributed by atoms with Gasteiger partial charge in [0.25, 0.3) is 5.56 Å². The van der Waals surface area contributed by atoms with Gasteiger partial charge in [-0.2, -0.15) is 5.10 Å². The third-order valence-electron chi connectivity index (χ3n) is 2.05. The molecule has 74 valence electrons. The van der Waals surface area contributed by atoms with Crippen molar-refractivity contribution in [2.75, 3.05) is 5.33 Å². The quantitative estimate of drug-likeness (QED) is 0.757. The minimum absolute atomic E-state index is 0.00699. The molecular formula is C9H10BrN3O. The average Bonchev–Trinajstić information content (AvgIpc) is 2.52. The zero-order valence-electron chi connectivity index (χ0n) is 7.77. The van der Waals surface area contributed by atoms with Gasteiger partial charge in [0.15, 0.2) is 0 Å². The van der Waals surface area contributed by atoms with Gasteiger partial charge in [0.05, 0.1) is 5.69 Å². The van der Waals surface area contributed by atoms with Crippen molar-refractivity contribution in [1.29, 1.82) is 0 Å². The van der Waals surface area contributed by atoms with Gasteiger partial charge in [-0.3, -0.25) is 4.79 Å². The molecule has 2 heterocycles. The summed E-state index contributed by atoms with van der Waals surface area (Å²) < 4.78 is 3.29. The van der Waals surface area contributed by atoms with Gasteiger partial charge in [-0.15, -0.1) is 0 Å². The lowest BCUT2D eigenvalue weighted by Crippen LogP contribution is -2.21. The second-order valence-corrected chi connectivity index (χ2v) is 3.89. The molecule has 0 saturated carbocycles. The van der Waals surface area contributed by atoms with Crippen LogP contribution in [0.1, 0.15) is 5.69 Å². The van der Waals surface area contributed by atoms with Crippen molar-refractivity contribution in [2.45, 2.75) is 13.5 Å². The Balaban J connectivity index is 2.68. The number of halogens is 1. The van der Waals surface area contributed by atoms with Crippen LogP contribution in [0.4, 0.5) is 0 Å².